The maximum atomic E-state index is 12.9. The number of hydrogen-bond donors (Lipinski definition) is 0. The zero-order chi connectivity index (χ0) is 49.3. The maximum Gasteiger partial charge on any atom is 0.306 e. The van der Waals surface area contributed by atoms with E-state index in [0.717, 1.165) is 64.2 Å². The van der Waals surface area contributed by atoms with Gasteiger partial charge in [0, 0.05) is 19.3 Å². The molecule has 0 aromatic rings. The highest BCUT2D eigenvalue weighted by Crippen LogP contribution is 2.16. The molecule has 0 heterocycles. The van der Waals surface area contributed by atoms with Gasteiger partial charge in [0.25, 0.3) is 0 Å². The van der Waals surface area contributed by atoms with E-state index in [9.17, 15) is 14.4 Å². The second-order valence-corrected chi connectivity index (χ2v) is 20.3. The predicted octanol–water partition coefficient (Wildman–Crippen LogP) is 20.0. The van der Waals surface area contributed by atoms with E-state index in [2.05, 4.69) is 57.2 Å². The minimum atomic E-state index is -0.773. The molecule has 0 rings (SSSR count). The van der Waals surface area contributed by atoms with Gasteiger partial charge in [-0.05, 0) is 77.0 Å². The lowest BCUT2D eigenvalue weighted by Gasteiger charge is -2.18. The van der Waals surface area contributed by atoms with E-state index >= 15 is 0 Å². The van der Waals surface area contributed by atoms with Crippen molar-refractivity contribution in [1.29, 1.82) is 0 Å². The van der Waals surface area contributed by atoms with Crippen molar-refractivity contribution in [2.75, 3.05) is 13.2 Å². The van der Waals surface area contributed by atoms with Crippen LogP contribution >= 0.6 is 0 Å². The standard InChI is InChI=1S/C62H114O6/c1-4-7-10-13-16-19-22-24-26-28-30-31-32-34-35-37-40-43-46-49-52-55-61(64)67-58-59(57-66-60(63)54-51-48-45-42-39-21-18-15-12-9-6-3)68-62(65)56-53-50-47-44-41-38-36-33-29-27-25-23-20-17-14-11-8-5-2/h22,24,27-30,59H,4-21,23,25-26,31-58H2,1-3H3/b24-22-,29-27-,30-28-. The summed E-state index contributed by atoms with van der Waals surface area (Å²) in [4.78, 5) is 38.1. The SMILES string of the molecule is CCCCCCC/C=C\C/C=C\CCCCCCCCCCCC(=O)OCC(COC(=O)CCCCCCCCCCCCC)OC(=O)CCCCCCCCC/C=C\CCCCCCCCC. The highest BCUT2D eigenvalue weighted by atomic mass is 16.6. The first-order valence-corrected chi connectivity index (χ1v) is 30.0. The molecule has 0 spiro atoms. The molecule has 0 aliphatic rings. The molecule has 0 radical (unpaired) electrons. The Hall–Kier alpha value is -2.37. The third kappa shape index (κ3) is 54.6. The average molecular weight is 956 g/mol. The molecular weight excluding hydrogens is 841 g/mol. The summed E-state index contributed by atoms with van der Waals surface area (Å²) >= 11 is 0. The molecule has 0 saturated heterocycles. The van der Waals surface area contributed by atoms with Crippen molar-refractivity contribution in [2.45, 2.75) is 329 Å². The van der Waals surface area contributed by atoms with Crippen molar-refractivity contribution in [2.24, 2.45) is 0 Å². The number of allylic oxidation sites excluding steroid dienone is 6. The van der Waals surface area contributed by atoms with Crippen molar-refractivity contribution in [3.63, 3.8) is 0 Å². The minimum Gasteiger partial charge on any atom is -0.462 e. The molecule has 1 atom stereocenters. The zero-order valence-corrected chi connectivity index (χ0v) is 45.6. The number of unbranched alkanes of at least 4 members (excludes halogenated alkanes) is 38. The fourth-order valence-electron chi connectivity index (χ4n) is 8.82. The van der Waals surface area contributed by atoms with E-state index in [-0.39, 0.29) is 31.1 Å². The summed E-state index contributed by atoms with van der Waals surface area (Å²) in [6.45, 7) is 6.66. The van der Waals surface area contributed by atoms with Gasteiger partial charge in [-0.15, -0.1) is 0 Å². The normalized spacial score (nSPS) is 12.2. The summed E-state index contributed by atoms with van der Waals surface area (Å²) in [7, 11) is 0. The Balaban J connectivity index is 4.29. The molecule has 0 N–H and O–H groups in total. The Kier molecular flexibility index (Phi) is 55.2. The lowest BCUT2D eigenvalue weighted by atomic mass is 10.1. The van der Waals surface area contributed by atoms with Gasteiger partial charge in [0.1, 0.15) is 13.2 Å². The maximum absolute atomic E-state index is 12.9. The molecule has 6 nitrogen and oxygen atoms in total. The van der Waals surface area contributed by atoms with Crippen LogP contribution in [0.25, 0.3) is 0 Å². The number of hydrogen-bond acceptors (Lipinski definition) is 6. The molecule has 6 heteroatoms. The molecule has 68 heavy (non-hydrogen) atoms. The van der Waals surface area contributed by atoms with Gasteiger partial charge in [0.05, 0.1) is 0 Å². The molecule has 0 aliphatic carbocycles. The first kappa shape index (κ1) is 65.6. The molecule has 1 unspecified atom stereocenters. The van der Waals surface area contributed by atoms with Crippen LogP contribution in [0.3, 0.4) is 0 Å². The first-order chi connectivity index (χ1) is 33.5. The number of ether oxygens (including phenoxy) is 3. The molecule has 0 saturated carbocycles. The van der Waals surface area contributed by atoms with E-state index in [0.29, 0.717) is 19.3 Å². The summed E-state index contributed by atoms with van der Waals surface area (Å²) in [6.07, 6.45) is 68.5. The Labute approximate surface area is 423 Å². The van der Waals surface area contributed by atoms with Crippen LogP contribution in [0.15, 0.2) is 36.5 Å². The summed E-state index contributed by atoms with van der Waals surface area (Å²) in [5.74, 6) is -0.863. The Morgan fingerprint density at radius 2 is 0.529 bits per heavy atom. The van der Waals surface area contributed by atoms with E-state index in [1.54, 1.807) is 0 Å². The fourth-order valence-corrected chi connectivity index (χ4v) is 8.82. The highest BCUT2D eigenvalue weighted by molar-refractivity contribution is 5.71. The van der Waals surface area contributed by atoms with Crippen LogP contribution in [-0.2, 0) is 28.6 Å². The van der Waals surface area contributed by atoms with Gasteiger partial charge in [-0.1, -0.05) is 263 Å². The van der Waals surface area contributed by atoms with Crippen LogP contribution in [0, 0.1) is 0 Å². The minimum absolute atomic E-state index is 0.0716. The van der Waals surface area contributed by atoms with Crippen LogP contribution in [-0.4, -0.2) is 37.2 Å². The third-order valence-corrected chi connectivity index (χ3v) is 13.4. The van der Waals surface area contributed by atoms with Crippen LogP contribution in [0.1, 0.15) is 323 Å². The Morgan fingerprint density at radius 1 is 0.294 bits per heavy atom. The van der Waals surface area contributed by atoms with Crippen molar-refractivity contribution in [1.82, 2.24) is 0 Å². The second-order valence-electron chi connectivity index (χ2n) is 20.3. The van der Waals surface area contributed by atoms with Gasteiger partial charge in [-0.25, -0.2) is 0 Å². The van der Waals surface area contributed by atoms with Crippen molar-refractivity contribution < 1.29 is 28.6 Å². The monoisotopic (exact) mass is 955 g/mol. The van der Waals surface area contributed by atoms with Gasteiger partial charge in [0.15, 0.2) is 6.10 Å². The van der Waals surface area contributed by atoms with Crippen LogP contribution in [0.4, 0.5) is 0 Å². The van der Waals surface area contributed by atoms with E-state index in [4.69, 9.17) is 14.2 Å². The molecule has 0 aliphatic heterocycles. The van der Waals surface area contributed by atoms with Gasteiger partial charge < -0.3 is 14.2 Å². The van der Waals surface area contributed by atoms with Crippen molar-refractivity contribution >= 4 is 17.9 Å². The van der Waals surface area contributed by atoms with Crippen molar-refractivity contribution in [3.05, 3.63) is 36.5 Å². The number of carbonyl (C=O) groups excluding carboxylic acids is 3. The van der Waals surface area contributed by atoms with Gasteiger partial charge in [-0.2, -0.15) is 0 Å². The third-order valence-electron chi connectivity index (χ3n) is 13.4. The number of esters is 3. The first-order valence-electron chi connectivity index (χ1n) is 30.0. The van der Waals surface area contributed by atoms with Crippen LogP contribution < -0.4 is 0 Å². The van der Waals surface area contributed by atoms with Crippen molar-refractivity contribution in [3.8, 4) is 0 Å². The summed E-state index contributed by atoms with van der Waals surface area (Å²) in [5, 5.41) is 0. The highest BCUT2D eigenvalue weighted by Gasteiger charge is 2.19. The fraction of sp³-hybridized carbons (Fsp3) is 0.855. The van der Waals surface area contributed by atoms with Crippen LogP contribution in [0.2, 0.25) is 0 Å². The molecule has 0 fully saturated rings. The van der Waals surface area contributed by atoms with E-state index in [1.165, 1.54) is 218 Å². The largest absolute Gasteiger partial charge is 0.462 e. The average Bonchev–Trinajstić information content (AvgIpc) is 3.34. The second kappa shape index (κ2) is 57.2. The van der Waals surface area contributed by atoms with E-state index < -0.39 is 6.10 Å². The number of carbonyl (C=O) groups is 3. The molecular formula is C62H114O6. The van der Waals surface area contributed by atoms with Gasteiger partial charge in [0.2, 0.25) is 0 Å². The molecule has 398 valence electrons. The van der Waals surface area contributed by atoms with E-state index in [1.807, 2.05) is 0 Å². The Morgan fingerprint density at radius 3 is 0.824 bits per heavy atom. The molecule has 0 bridgehead atoms. The molecule has 0 aromatic carbocycles. The molecule has 0 amide bonds. The lowest BCUT2D eigenvalue weighted by molar-refractivity contribution is -0.167. The summed E-state index contributed by atoms with van der Waals surface area (Å²) in [5.41, 5.74) is 0. The van der Waals surface area contributed by atoms with Crippen LogP contribution in [0.5, 0.6) is 0 Å². The lowest BCUT2D eigenvalue weighted by Crippen LogP contribution is -2.30. The smallest absolute Gasteiger partial charge is 0.306 e. The summed E-state index contributed by atoms with van der Waals surface area (Å²) in [6, 6.07) is 0. The predicted molar refractivity (Wildman–Crippen MR) is 293 cm³/mol. The summed E-state index contributed by atoms with van der Waals surface area (Å²) < 4.78 is 16.9. The number of rotatable bonds is 55. The zero-order valence-electron chi connectivity index (χ0n) is 45.6. The quantitative estimate of drug-likeness (QED) is 0.0262. The van der Waals surface area contributed by atoms with Gasteiger partial charge in [-0.3, -0.25) is 14.4 Å². The van der Waals surface area contributed by atoms with Gasteiger partial charge >= 0.3 is 17.9 Å². The Bertz CT molecular complexity index is 1140. The molecule has 0 aromatic heterocycles. The topological polar surface area (TPSA) is 78.9 Å².